The maximum absolute atomic E-state index is 5.56. The Bertz CT molecular complexity index is 650. The van der Waals surface area contributed by atoms with Crippen molar-refractivity contribution in [3.8, 4) is 0 Å². The van der Waals surface area contributed by atoms with Gasteiger partial charge in [0, 0.05) is 63.4 Å². The van der Waals surface area contributed by atoms with Gasteiger partial charge < -0.3 is 19.9 Å². The lowest BCUT2D eigenvalue weighted by atomic mass is 9.99. The van der Waals surface area contributed by atoms with E-state index in [4.69, 9.17) is 4.74 Å². The molecule has 0 unspecified atom stereocenters. The molecule has 1 aromatic rings. The van der Waals surface area contributed by atoms with Crippen LogP contribution in [0, 0.1) is 13.8 Å². The van der Waals surface area contributed by atoms with Crippen LogP contribution < -0.4 is 10.2 Å². The molecule has 0 aliphatic carbocycles. The molecular formula is C21H34N4OS. The maximum atomic E-state index is 5.56. The predicted molar refractivity (Wildman–Crippen MR) is 117 cm³/mol. The van der Waals surface area contributed by atoms with Crippen molar-refractivity contribution < 1.29 is 4.74 Å². The summed E-state index contributed by atoms with van der Waals surface area (Å²) >= 11 is 1.97. The van der Waals surface area contributed by atoms with Gasteiger partial charge in [-0.2, -0.15) is 11.8 Å². The highest BCUT2D eigenvalue weighted by Crippen LogP contribution is 2.33. The van der Waals surface area contributed by atoms with Gasteiger partial charge in [0.2, 0.25) is 0 Å². The van der Waals surface area contributed by atoms with Crippen LogP contribution in [-0.4, -0.2) is 74.8 Å². The lowest BCUT2D eigenvalue weighted by Crippen LogP contribution is -2.55. The lowest BCUT2D eigenvalue weighted by Gasteiger charge is -2.40. The number of guanidine groups is 1. The molecule has 0 radical (unpaired) electrons. The first-order chi connectivity index (χ1) is 13.1. The summed E-state index contributed by atoms with van der Waals surface area (Å²) in [5, 5.41) is 3.66. The quantitative estimate of drug-likeness (QED) is 0.632. The zero-order chi connectivity index (χ0) is 19.3. The van der Waals surface area contributed by atoms with E-state index < -0.39 is 0 Å². The van der Waals surface area contributed by atoms with Crippen molar-refractivity contribution in [2.75, 3.05) is 64.1 Å². The topological polar surface area (TPSA) is 40.1 Å². The van der Waals surface area contributed by atoms with E-state index in [1.165, 1.54) is 16.8 Å². The molecule has 6 heteroatoms. The van der Waals surface area contributed by atoms with Crippen molar-refractivity contribution in [2.45, 2.75) is 31.4 Å². The third-order valence-corrected chi connectivity index (χ3v) is 7.53. The minimum absolute atomic E-state index is 0.273. The molecule has 0 amide bonds. The molecule has 2 aliphatic heterocycles. The molecule has 3 rings (SSSR count). The van der Waals surface area contributed by atoms with Crippen LogP contribution in [0.15, 0.2) is 23.2 Å². The minimum atomic E-state index is 0.273. The average molecular weight is 391 g/mol. The Labute approximate surface area is 168 Å². The number of aryl methyl sites for hydroxylation is 1. The average Bonchev–Trinajstić information content (AvgIpc) is 2.72. The van der Waals surface area contributed by atoms with Crippen molar-refractivity contribution >= 4 is 23.4 Å². The number of anilines is 1. The monoisotopic (exact) mass is 390 g/mol. The SMILES string of the molecule is CN=C(NCC1(SC)CCOCC1)N1CCN(c2cccc(C)c2C)CC1. The van der Waals surface area contributed by atoms with Gasteiger partial charge in [0.25, 0.3) is 0 Å². The van der Waals surface area contributed by atoms with Crippen LogP contribution in [0.3, 0.4) is 0 Å². The molecule has 0 atom stereocenters. The van der Waals surface area contributed by atoms with Gasteiger partial charge in [-0.3, -0.25) is 4.99 Å². The highest BCUT2D eigenvalue weighted by molar-refractivity contribution is 8.00. The molecule has 0 saturated carbocycles. The zero-order valence-electron chi connectivity index (χ0n) is 17.3. The maximum Gasteiger partial charge on any atom is 0.193 e. The second kappa shape index (κ2) is 9.20. The first kappa shape index (κ1) is 20.3. The Kier molecular flexibility index (Phi) is 6.93. The van der Waals surface area contributed by atoms with Gasteiger partial charge in [-0.25, -0.2) is 0 Å². The number of ether oxygens (including phenoxy) is 1. The van der Waals surface area contributed by atoms with Crippen LogP contribution in [0.4, 0.5) is 5.69 Å². The Morgan fingerprint density at radius 1 is 1.19 bits per heavy atom. The Balaban J connectivity index is 1.56. The summed E-state index contributed by atoms with van der Waals surface area (Å²) in [7, 11) is 1.90. The molecule has 1 aromatic carbocycles. The van der Waals surface area contributed by atoms with Gasteiger partial charge >= 0.3 is 0 Å². The molecule has 2 heterocycles. The molecule has 0 spiro atoms. The minimum Gasteiger partial charge on any atom is -0.381 e. The number of hydrogen-bond donors (Lipinski definition) is 1. The predicted octanol–water partition coefficient (Wildman–Crippen LogP) is 2.91. The number of nitrogens with one attached hydrogen (secondary N) is 1. The Hall–Kier alpha value is -1.40. The molecular weight excluding hydrogens is 356 g/mol. The van der Waals surface area contributed by atoms with Crippen molar-refractivity contribution in [1.29, 1.82) is 0 Å². The second-order valence-electron chi connectivity index (χ2n) is 7.59. The largest absolute Gasteiger partial charge is 0.381 e. The van der Waals surface area contributed by atoms with E-state index in [9.17, 15) is 0 Å². The van der Waals surface area contributed by atoms with Gasteiger partial charge in [-0.1, -0.05) is 12.1 Å². The smallest absolute Gasteiger partial charge is 0.193 e. The van der Waals surface area contributed by atoms with E-state index in [1.54, 1.807) is 0 Å². The first-order valence-electron chi connectivity index (χ1n) is 9.98. The van der Waals surface area contributed by atoms with Crippen LogP contribution in [0.1, 0.15) is 24.0 Å². The fourth-order valence-electron chi connectivity index (χ4n) is 4.01. The van der Waals surface area contributed by atoms with Crippen LogP contribution in [0.2, 0.25) is 0 Å². The van der Waals surface area contributed by atoms with Crippen LogP contribution in [0.5, 0.6) is 0 Å². The van der Waals surface area contributed by atoms with E-state index in [2.05, 4.69) is 58.4 Å². The van der Waals surface area contributed by atoms with E-state index in [0.29, 0.717) is 0 Å². The Morgan fingerprint density at radius 3 is 2.52 bits per heavy atom. The summed E-state index contributed by atoms with van der Waals surface area (Å²) in [4.78, 5) is 9.47. The summed E-state index contributed by atoms with van der Waals surface area (Å²) in [6, 6.07) is 6.61. The number of rotatable bonds is 4. The highest BCUT2D eigenvalue weighted by atomic mass is 32.2. The molecule has 150 valence electrons. The molecule has 2 aliphatic rings. The van der Waals surface area contributed by atoms with E-state index >= 15 is 0 Å². The van der Waals surface area contributed by atoms with E-state index in [-0.39, 0.29) is 4.75 Å². The number of benzene rings is 1. The van der Waals surface area contributed by atoms with Crippen molar-refractivity contribution in [3.63, 3.8) is 0 Å². The van der Waals surface area contributed by atoms with Gasteiger partial charge in [0.15, 0.2) is 5.96 Å². The van der Waals surface area contributed by atoms with Gasteiger partial charge in [-0.05, 0) is 50.1 Å². The highest BCUT2D eigenvalue weighted by Gasteiger charge is 2.32. The number of thioether (sulfide) groups is 1. The molecule has 1 N–H and O–H groups in total. The van der Waals surface area contributed by atoms with Crippen molar-refractivity contribution in [1.82, 2.24) is 10.2 Å². The molecule has 0 aromatic heterocycles. The van der Waals surface area contributed by atoms with Crippen molar-refractivity contribution in [3.05, 3.63) is 29.3 Å². The third-order valence-electron chi connectivity index (χ3n) is 6.11. The lowest BCUT2D eigenvalue weighted by molar-refractivity contribution is 0.0781. The molecule has 5 nitrogen and oxygen atoms in total. The van der Waals surface area contributed by atoms with Gasteiger partial charge in [-0.15, -0.1) is 0 Å². The fourth-order valence-corrected chi connectivity index (χ4v) is 4.80. The van der Waals surface area contributed by atoms with E-state index in [0.717, 1.165) is 64.7 Å². The number of hydrogen-bond acceptors (Lipinski definition) is 4. The molecule has 2 saturated heterocycles. The van der Waals surface area contributed by atoms with Crippen LogP contribution >= 0.6 is 11.8 Å². The third kappa shape index (κ3) is 4.72. The summed E-state index contributed by atoms with van der Waals surface area (Å²) in [6.07, 6.45) is 4.44. The number of piperazine rings is 1. The van der Waals surface area contributed by atoms with Crippen molar-refractivity contribution in [2.24, 2.45) is 4.99 Å². The molecule has 2 fully saturated rings. The second-order valence-corrected chi connectivity index (χ2v) is 8.87. The number of nitrogens with zero attached hydrogens (tertiary/aromatic N) is 3. The fraction of sp³-hybridized carbons (Fsp3) is 0.667. The van der Waals surface area contributed by atoms with Crippen LogP contribution in [0.25, 0.3) is 0 Å². The summed E-state index contributed by atoms with van der Waals surface area (Å²) in [5.74, 6) is 1.04. The summed E-state index contributed by atoms with van der Waals surface area (Å²) < 4.78 is 5.83. The van der Waals surface area contributed by atoms with E-state index in [1.807, 2.05) is 18.8 Å². The summed E-state index contributed by atoms with van der Waals surface area (Å²) in [5.41, 5.74) is 4.14. The molecule has 27 heavy (non-hydrogen) atoms. The first-order valence-corrected chi connectivity index (χ1v) is 11.2. The summed E-state index contributed by atoms with van der Waals surface area (Å²) in [6.45, 7) is 11.2. The number of aliphatic imine (C=N–C) groups is 1. The van der Waals surface area contributed by atoms with Gasteiger partial charge in [0.05, 0.1) is 0 Å². The van der Waals surface area contributed by atoms with Gasteiger partial charge in [0.1, 0.15) is 0 Å². The standard InChI is InChI=1S/C21H34N4OS/c1-17-6-5-7-19(18(17)2)24-10-12-25(13-11-24)20(22-3)23-16-21(27-4)8-14-26-15-9-21/h5-7H,8-16H2,1-4H3,(H,22,23). The normalized spacial score (nSPS) is 20.7. The zero-order valence-corrected chi connectivity index (χ0v) is 18.1. The van der Waals surface area contributed by atoms with Crippen LogP contribution in [-0.2, 0) is 4.74 Å². The molecule has 0 bridgehead atoms. The Morgan fingerprint density at radius 2 is 1.89 bits per heavy atom.